The van der Waals surface area contributed by atoms with Gasteiger partial charge in [-0.05, 0) is 0 Å². The van der Waals surface area contributed by atoms with Crippen LogP contribution in [0.1, 0.15) is 14.3 Å². The monoisotopic (exact) mass is 303 g/mol. The number of hydrogen-bond donors (Lipinski definition) is 1. The lowest BCUT2D eigenvalue weighted by Crippen LogP contribution is -2.33. The third-order valence-electron chi connectivity index (χ3n) is 1.62. The van der Waals surface area contributed by atoms with Crippen LogP contribution in [0.5, 0.6) is 0 Å². The third-order valence-corrected chi connectivity index (χ3v) is 1.62. The van der Waals surface area contributed by atoms with E-state index in [2.05, 4.69) is 5.32 Å². The quantitative estimate of drug-likeness (QED) is 0.413. The molecule has 1 fully saturated rings. The van der Waals surface area contributed by atoms with E-state index in [1.165, 1.54) is 9.80 Å². The Morgan fingerprint density at radius 1 is 1.00 bits per heavy atom. The second kappa shape index (κ2) is 9.15. The molecule has 20 heavy (non-hydrogen) atoms. The number of imide groups is 1. The van der Waals surface area contributed by atoms with Crippen LogP contribution >= 0.6 is 0 Å². The number of nitrogens with zero attached hydrogens (tertiary/aromatic N) is 2. The number of rotatable bonds is 0. The van der Waals surface area contributed by atoms with Crippen molar-refractivity contribution < 1.29 is 33.1 Å². The van der Waals surface area contributed by atoms with Gasteiger partial charge in [0.1, 0.15) is 0 Å². The molecule has 1 saturated heterocycles. The van der Waals surface area contributed by atoms with Gasteiger partial charge in [0.05, 0.1) is 0 Å². The van der Waals surface area contributed by atoms with Crippen molar-refractivity contribution in [3.8, 4) is 0 Å². The van der Waals surface area contributed by atoms with E-state index in [4.69, 9.17) is 0 Å². The number of carbonyl (C=O) groups excluding carboxylic acids is 3. The minimum atomic E-state index is -6.00. The fourth-order valence-corrected chi connectivity index (χ4v) is 0.908. The number of nitrogens with one attached hydrogen (secondary N) is 1. The Hall–Kier alpha value is -1.81. The van der Waals surface area contributed by atoms with E-state index in [1.807, 2.05) is 0 Å². The second-order valence-electron chi connectivity index (χ2n) is 4.04. The van der Waals surface area contributed by atoms with Crippen LogP contribution in [0, 0.1) is 0 Å². The Morgan fingerprint density at radius 3 is 1.30 bits per heavy atom. The first-order valence-corrected chi connectivity index (χ1v) is 5.43. The van der Waals surface area contributed by atoms with Gasteiger partial charge in [0.15, 0.2) is 0 Å². The van der Waals surface area contributed by atoms with Gasteiger partial charge in [0.25, 0.3) is 0 Å². The molecule has 0 aromatic heterocycles. The molecule has 4 amide bonds. The van der Waals surface area contributed by atoms with Crippen LogP contribution in [-0.4, -0.2) is 63.1 Å². The molecule has 0 aliphatic carbocycles. The molecule has 1 heterocycles. The van der Waals surface area contributed by atoms with E-state index in [-0.39, 0.29) is 19.3 Å². The predicted molar refractivity (Wildman–Crippen MR) is 66.5 cm³/mol. The van der Waals surface area contributed by atoms with Crippen LogP contribution in [0.15, 0.2) is 0 Å². The lowest BCUT2D eigenvalue weighted by atomic mass is 10.3. The second-order valence-corrected chi connectivity index (χ2v) is 4.04. The van der Waals surface area contributed by atoms with Crippen molar-refractivity contribution in [1.29, 1.82) is 0 Å². The van der Waals surface area contributed by atoms with Gasteiger partial charge in [-0.1, -0.05) is 0 Å². The minimum Gasteiger partial charge on any atom is -0.418 e. The standard InChI is InChI=1S/C5H12N2O.C4H5NO2.BF4/c1-6(2)5(8)7(3)4;6-3-1-2-4(7)5-3;2-1(3,4)5/h1-4H3;1-2H2,(H,5,6,7);/q;;-1/p+1. The molecular weight excluding hydrogens is 285 g/mol. The molecule has 11 heteroatoms. The SMILES string of the molecule is CN(C)C(=O)N(C)C.F[B-](F)(F)F.O=C1CCC(=O)N1.[H+]. The van der Waals surface area contributed by atoms with E-state index in [0.29, 0.717) is 12.8 Å². The molecule has 0 aromatic rings. The largest absolute Gasteiger partial charge is 1.00 e. The van der Waals surface area contributed by atoms with E-state index >= 15 is 0 Å². The van der Waals surface area contributed by atoms with Gasteiger partial charge in [-0.2, -0.15) is 0 Å². The molecule has 1 aliphatic heterocycles. The Morgan fingerprint density at radius 2 is 1.25 bits per heavy atom. The molecule has 0 aromatic carbocycles. The highest BCUT2D eigenvalue weighted by molar-refractivity contribution is 6.50. The first-order valence-electron chi connectivity index (χ1n) is 5.43. The summed E-state index contributed by atoms with van der Waals surface area (Å²) >= 11 is 0. The number of hydrogen-bond acceptors (Lipinski definition) is 3. The maximum Gasteiger partial charge on any atom is 1.00 e. The summed E-state index contributed by atoms with van der Waals surface area (Å²) in [5.41, 5.74) is 0. The van der Waals surface area contributed by atoms with Gasteiger partial charge in [0, 0.05) is 41.0 Å². The average Bonchev–Trinajstić information content (AvgIpc) is 2.59. The van der Waals surface area contributed by atoms with Gasteiger partial charge < -0.3 is 27.1 Å². The van der Waals surface area contributed by atoms with Crippen LogP contribution in [0.4, 0.5) is 22.1 Å². The molecule has 0 atom stereocenters. The Labute approximate surface area is 115 Å². The van der Waals surface area contributed by atoms with E-state index < -0.39 is 7.25 Å². The number of urea groups is 1. The lowest BCUT2D eigenvalue weighted by Gasteiger charge is -2.16. The minimum absolute atomic E-state index is 0. The van der Waals surface area contributed by atoms with Gasteiger partial charge in [-0.15, -0.1) is 0 Å². The Kier molecular flexibility index (Phi) is 9.39. The normalized spacial score (nSPS) is 13.4. The van der Waals surface area contributed by atoms with Gasteiger partial charge in [0.2, 0.25) is 11.8 Å². The highest BCUT2D eigenvalue weighted by Gasteiger charge is 2.20. The first kappa shape index (κ1) is 20.5. The molecule has 1 aliphatic rings. The highest BCUT2D eigenvalue weighted by atomic mass is 19.5. The fraction of sp³-hybridized carbons (Fsp3) is 0.667. The van der Waals surface area contributed by atoms with Gasteiger partial charge >= 0.3 is 14.7 Å². The summed E-state index contributed by atoms with van der Waals surface area (Å²) in [6, 6.07) is 0.0185. The fourth-order valence-electron chi connectivity index (χ4n) is 0.908. The van der Waals surface area contributed by atoms with E-state index in [1.54, 1.807) is 28.2 Å². The van der Waals surface area contributed by atoms with Crippen LogP contribution < -0.4 is 5.32 Å². The zero-order chi connectivity index (χ0) is 16.5. The first-order chi connectivity index (χ1) is 8.84. The van der Waals surface area contributed by atoms with Crippen molar-refractivity contribution in [3.63, 3.8) is 0 Å². The summed E-state index contributed by atoms with van der Waals surface area (Å²) in [5, 5.41) is 2.14. The van der Waals surface area contributed by atoms with Crippen molar-refractivity contribution in [2.24, 2.45) is 0 Å². The molecule has 1 rings (SSSR count). The Bertz CT molecular complexity index is 324. The summed E-state index contributed by atoms with van der Waals surface area (Å²) in [7, 11) is 0.898. The van der Waals surface area contributed by atoms with Crippen LogP contribution in [0.3, 0.4) is 0 Å². The number of halogens is 4. The average molecular weight is 303 g/mol. The molecular formula is C9H18BF4N3O3. The summed E-state index contributed by atoms with van der Waals surface area (Å²) in [6.45, 7) is 0. The van der Waals surface area contributed by atoms with Crippen molar-refractivity contribution in [2.75, 3.05) is 28.2 Å². The van der Waals surface area contributed by atoms with Crippen LogP contribution in [0.2, 0.25) is 0 Å². The zero-order valence-electron chi connectivity index (χ0n) is 12.6. The molecule has 0 saturated carbocycles. The van der Waals surface area contributed by atoms with Crippen molar-refractivity contribution >= 4 is 25.1 Å². The van der Waals surface area contributed by atoms with Crippen LogP contribution in [-0.2, 0) is 9.59 Å². The number of carbonyl (C=O) groups is 3. The molecule has 0 spiro atoms. The van der Waals surface area contributed by atoms with E-state index in [9.17, 15) is 31.6 Å². The van der Waals surface area contributed by atoms with Crippen LogP contribution in [0.25, 0.3) is 0 Å². The molecule has 118 valence electrons. The molecule has 0 radical (unpaired) electrons. The summed E-state index contributed by atoms with van der Waals surface area (Å²) in [6.07, 6.45) is 0.748. The molecule has 0 bridgehead atoms. The van der Waals surface area contributed by atoms with Gasteiger partial charge in [-0.25, -0.2) is 4.79 Å². The number of amides is 4. The highest BCUT2D eigenvalue weighted by Crippen LogP contribution is 2.06. The van der Waals surface area contributed by atoms with Crippen molar-refractivity contribution in [2.45, 2.75) is 12.8 Å². The Balaban J connectivity index is -0.000000232. The summed E-state index contributed by atoms with van der Waals surface area (Å²) in [4.78, 5) is 34.0. The molecule has 0 unspecified atom stereocenters. The van der Waals surface area contributed by atoms with Crippen molar-refractivity contribution in [1.82, 2.24) is 15.1 Å². The summed E-state index contributed by atoms with van der Waals surface area (Å²) < 4.78 is 39.0. The third kappa shape index (κ3) is 16.2. The smallest absolute Gasteiger partial charge is 0.418 e. The predicted octanol–water partition coefficient (Wildman–Crippen LogP) is 1.07. The lowest BCUT2D eigenvalue weighted by molar-refractivity contribution is -0.124. The van der Waals surface area contributed by atoms with E-state index in [0.717, 1.165) is 0 Å². The molecule has 1 N–H and O–H groups in total. The topological polar surface area (TPSA) is 69.7 Å². The van der Waals surface area contributed by atoms with Gasteiger partial charge in [-0.3, -0.25) is 14.9 Å². The zero-order valence-corrected chi connectivity index (χ0v) is 11.6. The molecule has 6 nitrogen and oxygen atoms in total. The summed E-state index contributed by atoms with van der Waals surface area (Å²) in [5.74, 6) is -0.296. The maximum absolute atomic E-state index is 10.7. The van der Waals surface area contributed by atoms with Crippen molar-refractivity contribution in [3.05, 3.63) is 0 Å². The maximum atomic E-state index is 10.7.